The topological polar surface area (TPSA) is 26.3 Å². The van der Waals surface area contributed by atoms with Gasteiger partial charge in [-0.1, -0.05) is 37.6 Å². The Balaban J connectivity index is 1.99. The van der Waals surface area contributed by atoms with E-state index in [9.17, 15) is 4.79 Å². The predicted octanol–water partition coefficient (Wildman–Crippen LogP) is 6.08. The molecular weight excluding hydrogens is 320 g/mol. The Morgan fingerprint density at radius 3 is 2.54 bits per heavy atom. The SMILES string of the molecule is CC(=O)Oc1c(CC=C(C)C)c2c(c3c1C1CCC3C1)CC(C)(C)C=C2. The van der Waals surface area contributed by atoms with Gasteiger partial charge in [-0.25, -0.2) is 0 Å². The summed E-state index contributed by atoms with van der Waals surface area (Å²) in [6.07, 6.45) is 12.6. The summed E-state index contributed by atoms with van der Waals surface area (Å²) in [5, 5.41) is 0. The molecule has 1 fully saturated rings. The van der Waals surface area contributed by atoms with Crippen molar-refractivity contribution in [2.75, 3.05) is 0 Å². The van der Waals surface area contributed by atoms with Crippen LogP contribution in [0.3, 0.4) is 0 Å². The zero-order chi connectivity index (χ0) is 18.6. The van der Waals surface area contributed by atoms with Crippen LogP contribution in [-0.4, -0.2) is 5.97 Å². The number of fused-ring (bicyclic) bond motifs is 7. The molecule has 0 radical (unpaired) electrons. The number of rotatable bonds is 3. The highest BCUT2D eigenvalue weighted by Crippen LogP contribution is 2.60. The number of carbonyl (C=O) groups is 1. The Kier molecular flexibility index (Phi) is 4.13. The molecule has 0 amide bonds. The van der Waals surface area contributed by atoms with E-state index >= 15 is 0 Å². The summed E-state index contributed by atoms with van der Waals surface area (Å²) < 4.78 is 5.89. The van der Waals surface area contributed by atoms with Crippen LogP contribution < -0.4 is 4.74 Å². The number of carbonyl (C=O) groups excluding carboxylic acids is 1. The number of esters is 1. The van der Waals surface area contributed by atoms with E-state index in [4.69, 9.17) is 4.74 Å². The molecule has 26 heavy (non-hydrogen) atoms. The van der Waals surface area contributed by atoms with Crippen molar-refractivity contribution in [1.29, 1.82) is 0 Å². The van der Waals surface area contributed by atoms with Crippen LogP contribution in [0.15, 0.2) is 17.7 Å². The normalized spacial score (nSPS) is 24.2. The summed E-state index contributed by atoms with van der Waals surface area (Å²) in [4.78, 5) is 11.9. The molecule has 0 aliphatic heterocycles. The maximum absolute atomic E-state index is 11.9. The molecule has 0 aromatic heterocycles. The van der Waals surface area contributed by atoms with Crippen LogP contribution in [0.25, 0.3) is 6.08 Å². The minimum absolute atomic E-state index is 0.194. The Hall–Kier alpha value is -1.83. The number of hydrogen-bond donors (Lipinski definition) is 0. The van der Waals surface area contributed by atoms with Crippen LogP contribution in [0.2, 0.25) is 0 Å². The lowest BCUT2D eigenvalue weighted by atomic mass is 9.72. The standard InChI is InChI=1S/C24H30O2/c1-14(2)6-9-19-18-10-11-24(4,5)13-20(18)21-16-7-8-17(12-16)22(21)23(19)26-15(3)25/h6,10-11,16-17H,7-9,12-13H2,1-5H3. The van der Waals surface area contributed by atoms with E-state index in [2.05, 4.69) is 45.9 Å². The predicted molar refractivity (Wildman–Crippen MR) is 107 cm³/mol. The highest BCUT2D eigenvalue weighted by atomic mass is 16.5. The second-order valence-corrected chi connectivity index (χ2v) is 9.31. The molecule has 2 nitrogen and oxygen atoms in total. The summed E-state index contributed by atoms with van der Waals surface area (Å²) in [5.74, 6) is 1.93. The Bertz CT molecular complexity index is 835. The Labute approximate surface area is 157 Å². The minimum Gasteiger partial charge on any atom is -0.426 e. The third-order valence-corrected chi connectivity index (χ3v) is 6.33. The van der Waals surface area contributed by atoms with E-state index in [0.29, 0.717) is 11.8 Å². The van der Waals surface area contributed by atoms with Crippen molar-refractivity contribution in [3.63, 3.8) is 0 Å². The lowest BCUT2D eigenvalue weighted by molar-refractivity contribution is -0.132. The van der Waals surface area contributed by atoms with Gasteiger partial charge in [0.15, 0.2) is 0 Å². The third kappa shape index (κ3) is 2.84. The fourth-order valence-corrected chi connectivity index (χ4v) is 5.26. The smallest absolute Gasteiger partial charge is 0.308 e. The first-order chi connectivity index (χ1) is 12.3. The molecule has 0 heterocycles. The molecule has 2 atom stereocenters. The van der Waals surface area contributed by atoms with Gasteiger partial charge in [0.2, 0.25) is 0 Å². The quantitative estimate of drug-likeness (QED) is 0.375. The van der Waals surface area contributed by atoms with Gasteiger partial charge in [-0.15, -0.1) is 0 Å². The monoisotopic (exact) mass is 350 g/mol. The summed E-state index contributed by atoms with van der Waals surface area (Å²) in [5.41, 5.74) is 8.48. The summed E-state index contributed by atoms with van der Waals surface area (Å²) in [7, 11) is 0. The van der Waals surface area contributed by atoms with Crippen molar-refractivity contribution >= 4 is 12.0 Å². The van der Waals surface area contributed by atoms with E-state index in [1.807, 2.05) is 0 Å². The van der Waals surface area contributed by atoms with Crippen molar-refractivity contribution in [1.82, 2.24) is 0 Å². The molecule has 3 aliphatic rings. The summed E-state index contributed by atoms with van der Waals surface area (Å²) >= 11 is 0. The zero-order valence-electron chi connectivity index (χ0n) is 16.7. The second-order valence-electron chi connectivity index (χ2n) is 9.31. The van der Waals surface area contributed by atoms with E-state index in [0.717, 1.165) is 18.6 Å². The Morgan fingerprint density at radius 1 is 1.19 bits per heavy atom. The van der Waals surface area contributed by atoms with Crippen LogP contribution in [0.5, 0.6) is 5.75 Å². The average molecular weight is 351 g/mol. The first-order valence-electron chi connectivity index (χ1n) is 9.99. The highest BCUT2D eigenvalue weighted by molar-refractivity contribution is 5.77. The number of allylic oxidation sites excluding steroid dienone is 3. The van der Waals surface area contributed by atoms with Crippen LogP contribution in [-0.2, 0) is 17.6 Å². The first kappa shape index (κ1) is 17.6. The number of benzene rings is 1. The second kappa shape index (κ2) is 6.11. The number of ether oxygens (including phenoxy) is 1. The van der Waals surface area contributed by atoms with Crippen LogP contribution in [0.1, 0.15) is 93.5 Å². The van der Waals surface area contributed by atoms with E-state index in [-0.39, 0.29) is 11.4 Å². The van der Waals surface area contributed by atoms with Crippen molar-refractivity contribution in [3.05, 3.63) is 45.5 Å². The zero-order valence-corrected chi connectivity index (χ0v) is 16.7. The summed E-state index contributed by atoms with van der Waals surface area (Å²) in [6, 6.07) is 0. The molecule has 2 bridgehead atoms. The molecule has 0 spiro atoms. The van der Waals surface area contributed by atoms with Gasteiger partial charge in [-0.3, -0.25) is 4.79 Å². The third-order valence-electron chi connectivity index (χ3n) is 6.33. The molecular formula is C24H30O2. The van der Waals surface area contributed by atoms with E-state index < -0.39 is 0 Å². The maximum Gasteiger partial charge on any atom is 0.308 e. The maximum atomic E-state index is 11.9. The van der Waals surface area contributed by atoms with E-state index in [1.165, 1.54) is 59.6 Å². The number of hydrogen-bond acceptors (Lipinski definition) is 2. The van der Waals surface area contributed by atoms with Gasteiger partial charge in [0, 0.05) is 18.1 Å². The average Bonchev–Trinajstić information content (AvgIpc) is 3.14. The molecule has 2 unspecified atom stereocenters. The Morgan fingerprint density at radius 2 is 1.88 bits per heavy atom. The fourth-order valence-electron chi connectivity index (χ4n) is 5.26. The van der Waals surface area contributed by atoms with Crippen molar-refractivity contribution in [2.24, 2.45) is 5.41 Å². The van der Waals surface area contributed by atoms with Crippen LogP contribution in [0.4, 0.5) is 0 Å². The molecule has 0 saturated heterocycles. The molecule has 1 saturated carbocycles. The lowest BCUT2D eigenvalue weighted by Crippen LogP contribution is -2.21. The van der Waals surface area contributed by atoms with Gasteiger partial charge in [-0.05, 0) is 79.9 Å². The van der Waals surface area contributed by atoms with Gasteiger partial charge >= 0.3 is 5.97 Å². The molecule has 0 N–H and O–H groups in total. The molecule has 3 aliphatic carbocycles. The minimum atomic E-state index is -0.200. The van der Waals surface area contributed by atoms with Gasteiger partial charge in [0.25, 0.3) is 0 Å². The van der Waals surface area contributed by atoms with Crippen LogP contribution in [0, 0.1) is 5.41 Å². The van der Waals surface area contributed by atoms with Gasteiger partial charge in [0.1, 0.15) is 5.75 Å². The van der Waals surface area contributed by atoms with Crippen LogP contribution >= 0.6 is 0 Å². The molecule has 1 aromatic carbocycles. The summed E-state index contributed by atoms with van der Waals surface area (Å²) in [6.45, 7) is 10.4. The van der Waals surface area contributed by atoms with Gasteiger partial charge in [-0.2, -0.15) is 0 Å². The van der Waals surface area contributed by atoms with E-state index in [1.54, 1.807) is 0 Å². The molecule has 2 heteroatoms. The molecule has 138 valence electrons. The molecule has 1 aromatic rings. The lowest BCUT2D eigenvalue weighted by Gasteiger charge is -2.33. The van der Waals surface area contributed by atoms with Crippen molar-refractivity contribution < 1.29 is 9.53 Å². The highest BCUT2D eigenvalue weighted by Gasteiger charge is 2.44. The first-order valence-corrected chi connectivity index (χ1v) is 9.99. The molecule has 4 rings (SSSR count). The van der Waals surface area contributed by atoms with Crippen molar-refractivity contribution in [2.45, 2.75) is 78.6 Å². The van der Waals surface area contributed by atoms with Gasteiger partial charge < -0.3 is 4.74 Å². The van der Waals surface area contributed by atoms with Gasteiger partial charge in [0.05, 0.1) is 0 Å². The van der Waals surface area contributed by atoms with Crippen molar-refractivity contribution in [3.8, 4) is 5.75 Å². The largest absolute Gasteiger partial charge is 0.426 e. The fraction of sp³-hybridized carbons (Fsp3) is 0.542.